The van der Waals surface area contributed by atoms with Gasteiger partial charge in [-0.15, -0.1) is 14.2 Å². The number of hydrogen-bond acceptors (Lipinski definition) is 42. The molecule has 12 bridgehead atoms. The van der Waals surface area contributed by atoms with Crippen LogP contribution in [-0.4, -0.2) is 412 Å². The third-order valence-electron chi connectivity index (χ3n) is 23.6. The smallest absolute Gasteiger partial charge is 0.382 e. The Morgan fingerprint density at radius 1 is 0.300 bits per heavy atom. The second-order valence-electron chi connectivity index (χ2n) is 31.6. The van der Waals surface area contributed by atoms with E-state index in [1.54, 1.807) is 0 Å². The van der Waals surface area contributed by atoms with Gasteiger partial charge in [-0.1, -0.05) is 19.3 Å². The molecule has 25 heterocycles. The molecule has 0 spiro atoms. The van der Waals surface area contributed by atoms with Gasteiger partial charge in [0.2, 0.25) is 17.7 Å². The van der Waals surface area contributed by atoms with Gasteiger partial charge in [0.05, 0.1) is 38.4 Å². The average molecular weight is 1910 g/mol. The zero-order chi connectivity index (χ0) is 92.8. The fraction of sp³-hybridized carbons (Fsp3) is 0.815. The van der Waals surface area contributed by atoms with Crippen molar-refractivity contribution in [1.82, 2.24) is 45.1 Å². The maximum atomic E-state index is 14.2. The molecule has 9 N–H and O–H groups in total. The van der Waals surface area contributed by atoms with E-state index < -0.39 is 201 Å². The van der Waals surface area contributed by atoms with Gasteiger partial charge < -0.3 is 175 Å². The third kappa shape index (κ3) is 27.8. The largest absolute Gasteiger partial charge is 0.424 e. The quantitative estimate of drug-likeness (QED) is 0.0177. The summed E-state index contributed by atoms with van der Waals surface area (Å²) in [5.74, 6) is -0.246. The number of nitrogens with zero attached hydrogens (tertiary/aromatic N) is 6. The van der Waals surface area contributed by atoms with Crippen molar-refractivity contribution >= 4 is 35.2 Å². The molecule has 0 unspecified atom stereocenters. The van der Waals surface area contributed by atoms with Crippen LogP contribution in [0.3, 0.4) is 0 Å². The number of unbranched alkanes of at least 4 members (excludes halogenated alkanes) is 6. The molecule has 49 heteroatoms. The first-order valence-electron chi connectivity index (χ1n) is 43.1. The Kier molecular flexibility index (Phi) is 44.5. The topological polar surface area (TPSA) is 538 Å². The first-order valence-corrected chi connectivity index (χ1v) is 43.1. The van der Waals surface area contributed by atoms with Crippen LogP contribution >= 0.6 is 0 Å². The molecular weight excluding hydrogens is 1770 g/mol. The Labute approximate surface area is 763 Å². The van der Waals surface area contributed by atoms with E-state index in [1.807, 2.05) is 0 Å². The van der Waals surface area contributed by atoms with Gasteiger partial charge in [-0.05, 0) is 38.5 Å². The summed E-state index contributed by atoms with van der Waals surface area (Å²) in [6, 6.07) is 4.36. The summed E-state index contributed by atoms with van der Waals surface area (Å²) in [5, 5.41) is 47.2. The molecule has 3 aromatic rings. The van der Waals surface area contributed by atoms with Crippen molar-refractivity contribution in [3.63, 3.8) is 0 Å². The van der Waals surface area contributed by atoms with Gasteiger partial charge in [-0.2, -0.15) is 15.0 Å². The molecule has 25 rings (SSSR count). The number of hydrogen-bond donors (Lipinski definition) is 9. The molecule has 3 aromatic heterocycles. The van der Waals surface area contributed by atoms with E-state index in [0.29, 0.717) is 91.6 Å². The molecule has 0 aliphatic carbocycles. The van der Waals surface area contributed by atoms with Gasteiger partial charge in [-0.25, -0.2) is 14.4 Å². The predicted molar refractivity (Wildman–Crippen MR) is 443 cm³/mol. The Hall–Kier alpha value is -6.71. The van der Waals surface area contributed by atoms with Crippen LogP contribution in [0.4, 0.5) is 17.5 Å². The third-order valence-corrected chi connectivity index (χ3v) is 23.6. The molecule has 3 amide bonds. The first-order chi connectivity index (χ1) is 62.5. The van der Waals surface area contributed by atoms with Crippen molar-refractivity contribution in [1.29, 1.82) is 0 Å². The summed E-state index contributed by atoms with van der Waals surface area (Å²) in [4.78, 5) is 89.9. The molecule has 22 fully saturated rings. The number of methoxy groups -OCH3 is 15. The zero-order valence-electron chi connectivity index (χ0n) is 76.0. The van der Waals surface area contributed by atoms with Gasteiger partial charge in [-0.3, -0.25) is 14.4 Å². The number of nitrogens with one attached hydrogen (secondary N) is 6. The van der Waals surface area contributed by atoms with E-state index in [4.69, 9.17) is 128 Å². The number of carbonyl (C=O) groups is 3. The molecule has 30 atom stereocenters. The molecule has 0 aromatic carbocycles. The maximum absolute atomic E-state index is 14.2. The number of aromatic nitrogens is 6. The van der Waals surface area contributed by atoms with Crippen molar-refractivity contribution in [2.75, 3.05) is 182 Å². The van der Waals surface area contributed by atoms with Crippen LogP contribution in [0.25, 0.3) is 0 Å². The Bertz CT molecular complexity index is 3640. The SMILES string of the molecule is COC[C@H]1O[C@@H]2O[C@H]3[C@H](OC)[C@@H](OC)[C@@H](O[C@H]4[C@H](OC)[C@@H](OC)[C@@H](O[C@H]5[C@H](OC)[C@@H](OC)[C@@H](O[C@H]6[C@H](OC)[C@@H](OC)[C@@H](O[C@H]7[C@H](OC)[C@@H](OC)[C@@H](O[C@H]1[C@H](OC)[C@H]2OC)O[C@@H]7CNC(=O)CCCCCNc1ccn(O)c(=O)n1)O[C@@H]6COC)O[C@@H]5CNC(=O)CCCCCNc1ccn(O)c(=O)n1)O[C@@H]4COC)O[C@@H]3CNC(=O)CCCCCNc1ccn(O)c(=O)n1.[Fe]. The van der Waals surface area contributed by atoms with Crippen molar-refractivity contribution in [3.8, 4) is 0 Å². The molecule has 0 radical (unpaired) electrons. The summed E-state index contributed by atoms with van der Waals surface area (Å²) in [7, 11) is 21.6. The van der Waals surface area contributed by atoms with Crippen LogP contribution in [0.1, 0.15) is 77.0 Å². The summed E-state index contributed by atoms with van der Waals surface area (Å²) in [5.41, 5.74) is -2.53. The van der Waals surface area contributed by atoms with Gasteiger partial charge >= 0.3 is 17.1 Å². The standard InChI is InChI=1S/C81H132N12O36.Fe/c1-103-40-46-58-64(109-7)70(115-13)76(121-46)124-55-43(37-85-52(94)25-19-16-22-31-82-49-28-34-91(100)79(97)88-49)119-74(68(113-11)61(55)106-4)128-59-47(41-104-2)123-78(72(117-15)65(59)110-8)126-57-45(39-87-54(96)27-21-18-24-33-84-51-30-36-93(102)81(99)90-51)120-75(69(114-12)63(57)108-6)129-60-48(42-105-3)122-77(71(116-14)66(60)111-9)125-56-44(118-73(127-58)67(112-10)62(56)107-5)38-86-53(95)26-20-17-23-32-83-50-29-35-92(101)80(98)89-50;/h28-30,34-36,43-48,55-78,100-102H,16-27,31-33,37-42H2,1-15H3,(H,85,94)(H,86,95)(H,87,96)(H,82,88,97)(H,83,89,98)(H,84,90,99);/t43-,44-,45-,46-,47-,48-,55-,56-,57-,58-,59-,60-,61+,62+,63+,64+,65+,66+,67-,68-,69-,70-,71-,72-,73-,74-,75-,76-,77-,78-;/m1./s1. The van der Waals surface area contributed by atoms with Gasteiger partial charge in [0, 0.05) is 200 Å². The van der Waals surface area contributed by atoms with Gasteiger partial charge in [0.1, 0.15) is 164 Å². The van der Waals surface area contributed by atoms with Crippen molar-refractivity contribution in [3.05, 3.63) is 68.2 Å². The van der Waals surface area contributed by atoms with Crippen LogP contribution < -0.4 is 49.0 Å². The minimum atomic E-state index is -1.43. The van der Waals surface area contributed by atoms with E-state index >= 15 is 0 Å². The van der Waals surface area contributed by atoms with Crippen LogP contribution in [-0.2, 0) is 159 Å². The fourth-order valence-corrected chi connectivity index (χ4v) is 17.1. The van der Waals surface area contributed by atoms with Crippen molar-refractivity contribution < 1.29 is 175 Å². The van der Waals surface area contributed by atoms with Crippen molar-refractivity contribution in [2.45, 2.75) is 261 Å². The molecule has 22 aliphatic rings. The minimum absolute atomic E-state index is 0. The second kappa shape index (κ2) is 54.1. The summed E-state index contributed by atoms with van der Waals surface area (Å²) >= 11 is 0. The number of anilines is 3. The normalized spacial score (nSPS) is 33.5. The Morgan fingerprint density at radius 3 is 0.692 bits per heavy atom. The van der Waals surface area contributed by atoms with Gasteiger partial charge in [0.15, 0.2) is 37.7 Å². The molecule has 48 nitrogen and oxygen atoms in total. The average Bonchev–Trinajstić information content (AvgIpc) is 0.758. The van der Waals surface area contributed by atoms with E-state index in [2.05, 4.69) is 46.9 Å². The van der Waals surface area contributed by atoms with E-state index in [1.165, 1.54) is 143 Å². The molecule has 740 valence electrons. The van der Waals surface area contributed by atoms with Crippen LogP contribution in [0, 0.1) is 0 Å². The Morgan fingerprint density at radius 2 is 0.500 bits per heavy atom. The summed E-state index contributed by atoms with van der Waals surface area (Å²) in [6.07, 6.45) is -28.1. The van der Waals surface area contributed by atoms with E-state index in [-0.39, 0.29) is 111 Å². The number of amides is 3. The van der Waals surface area contributed by atoms with E-state index in [0.717, 1.165) is 0 Å². The monoisotopic (exact) mass is 1900 g/mol. The molecule has 22 aliphatic heterocycles. The minimum Gasteiger partial charge on any atom is -0.424 e. The first kappa shape index (κ1) is 107. The number of carbonyl (C=O) groups excluding carboxylic acids is 3. The van der Waals surface area contributed by atoms with Gasteiger partial charge in [0.25, 0.3) is 0 Å². The molecule has 130 heavy (non-hydrogen) atoms. The number of ether oxygens (including phenoxy) is 27. The molecular formula is C81H132FeN12O36. The predicted octanol–water partition coefficient (Wildman–Crippen LogP) is -1.47. The Balaban J connectivity index is 0.0000190. The van der Waals surface area contributed by atoms with Crippen LogP contribution in [0.15, 0.2) is 51.2 Å². The maximum Gasteiger partial charge on any atom is 0.382 e. The summed E-state index contributed by atoms with van der Waals surface area (Å²) < 4.78 is 181. The molecule has 0 saturated carbocycles. The number of rotatable bonds is 45. The van der Waals surface area contributed by atoms with Crippen LogP contribution in [0.2, 0.25) is 0 Å². The van der Waals surface area contributed by atoms with Crippen LogP contribution in [0.5, 0.6) is 0 Å². The second-order valence-corrected chi connectivity index (χ2v) is 31.6. The van der Waals surface area contributed by atoms with Crippen molar-refractivity contribution in [2.24, 2.45) is 0 Å². The van der Waals surface area contributed by atoms with E-state index in [9.17, 15) is 44.4 Å². The summed E-state index contributed by atoms with van der Waals surface area (Å²) in [6.45, 7) is 0.0241. The fourth-order valence-electron chi connectivity index (χ4n) is 17.1. The zero-order valence-corrected chi connectivity index (χ0v) is 77.1. The molecule has 22 saturated heterocycles.